The lowest BCUT2D eigenvalue weighted by Crippen LogP contribution is -2.26. The van der Waals surface area contributed by atoms with Crippen LogP contribution >= 0.6 is 11.8 Å². The van der Waals surface area contributed by atoms with Crippen LogP contribution in [0.3, 0.4) is 0 Å². The number of nitriles is 1. The van der Waals surface area contributed by atoms with E-state index in [1.807, 2.05) is 20.1 Å². The van der Waals surface area contributed by atoms with Crippen molar-refractivity contribution >= 4 is 17.4 Å². The molecule has 1 N–H and O–H groups in total. The van der Waals surface area contributed by atoms with Crippen molar-refractivity contribution in [2.45, 2.75) is 24.8 Å². The van der Waals surface area contributed by atoms with Crippen molar-refractivity contribution in [3.8, 4) is 6.07 Å². The van der Waals surface area contributed by atoms with Crippen molar-refractivity contribution in [3.63, 3.8) is 0 Å². The Hall–Kier alpha value is -1.35. The minimum absolute atomic E-state index is 0.00623. The Kier molecular flexibility index (Phi) is 4.75. The van der Waals surface area contributed by atoms with Crippen molar-refractivity contribution in [2.24, 2.45) is 0 Å². The maximum atomic E-state index is 12.5. The van der Waals surface area contributed by atoms with Gasteiger partial charge < -0.3 is 5.32 Å². The second-order valence-electron chi connectivity index (χ2n) is 4.69. The highest BCUT2D eigenvalue weighted by atomic mass is 32.2. The molecule has 0 atom stereocenters. The van der Waals surface area contributed by atoms with Gasteiger partial charge in [-0.15, -0.1) is 0 Å². The van der Waals surface area contributed by atoms with Gasteiger partial charge in [-0.2, -0.15) is 30.2 Å². The van der Waals surface area contributed by atoms with Crippen LogP contribution in [-0.4, -0.2) is 17.5 Å². The zero-order chi connectivity index (χ0) is 14.7. The van der Waals surface area contributed by atoms with E-state index in [4.69, 9.17) is 5.26 Å². The number of halogens is 3. The average molecular weight is 288 g/mol. The Balaban J connectivity index is 2.96. The zero-order valence-electron chi connectivity index (χ0n) is 10.9. The number of nitrogens with zero attached hydrogens (tertiary/aromatic N) is 1. The predicted molar refractivity (Wildman–Crippen MR) is 72.2 cm³/mol. The third-order valence-electron chi connectivity index (χ3n) is 2.72. The molecule has 0 aliphatic carbocycles. The molecular weight excluding hydrogens is 273 g/mol. The van der Waals surface area contributed by atoms with Crippen LogP contribution in [0.1, 0.15) is 25.0 Å². The van der Waals surface area contributed by atoms with Gasteiger partial charge >= 0.3 is 6.18 Å². The highest BCUT2D eigenvalue weighted by molar-refractivity contribution is 7.99. The maximum Gasteiger partial charge on any atom is 0.416 e. The molecule has 1 aromatic rings. The van der Waals surface area contributed by atoms with Gasteiger partial charge in [-0.25, -0.2) is 0 Å². The summed E-state index contributed by atoms with van der Waals surface area (Å²) in [7, 11) is 0. The van der Waals surface area contributed by atoms with Gasteiger partial charge in [0, 0.05) is 11.3 Å². The van der Waals surface area contributed by atoms with Crippen molar-refractivity contribution in [1.29, 1.82) is 5.26 Å². The Morgan fingerprint density at radius 2 is 1.95 bits per heavy atom. The number of hydrogen-bond donors (Lipinski definition) is 1. The number of hydrogen-bond acceptors (Lipinski definition) is 3. The molecule has 0 aliphatic rings. The molecular formula is C13H15F3N2S. The first-order chi connectivity index (χ1) is 8.69. The number of alkyl halides is 3. The molecule has 0 spiro atoms. The monoisotopic (exact) mass is 288 g/mol. The molecule has 0 saturated carbocycles. The molecule has 19 heavy (non-hydrogen) atoms. The second kappa shape index (κ2) is 5.74. The Morgan fingerprint density at radius 3 is 2.42 bits per heavy atom. The summed E-state index contributed by atoms with van der Waals surface area (Å²) in [4.78, 5) is 0. The molecule has 0 fully saturated rings. The average Bonchev–Trinajstić information content (AvgIpc) is 2.35. The number of thioether (sulfide) groups is 1. The van der Waals surface area contributed by atoms with Crippen LogP contribution in [0.5, 0.6) is 0 Å². The minimum atomic E-state index is -4.43. The van der Waals surface area contributed by atoms with E-state index in [1.54, 1.807) is 17.8 Å². The normalized spacial score (nSPS) is 12.1. The van der Waals surface area contributed by atoms with Gasteiger partial charge in [0.15, 0.2) is 0 Å². The highest BCUT2D eigenvalue weighted by Crippen LogP contribution is 2.32. The first kappa shape index (κ1) is 15.7. The summed E-state index contributed by atoms with van der Waals surface area (Å²) in [6.07, 6.45) is -2.47. The molecule has 1 rings (SSSR count). The summed E-state index contributed by atoms with van der Waals surface area (Å²) in [6.45, 7) is 4.59. The van der Waals surface area contributed by atoms with Gasteiger partial charge in [0.25, 0.3) is 0 Å². The van der Waals surface area contributed by atoms with Gasteiger partial charge in [-0.3, -0.25) is 0 Å². The molecule has 0 aliphatic heterocycles. The predicted octanol–water partition coefficient (Wildman–Crippen LogP) is 4.13. The number of benzene rings is 1. The lowest BCUT2D eigenvalue weighted by Gasteiger charge is -2.23. The van der Waals surface area contributed by atoms with Gasteiger partial charge in [-0.1, -0.05) is 0 Å². The highest BCUT2D eigenvalue weighted by Gasteiger charge is 2.31. The smallest absolute Gasteiger partial charge is 0.383 e. The van der Waals surface area contributed by atoms with E-state index in [1.165, 1.54) is 6.07 Å². The van der Waals surface area contributed by atoms with E-state index < -0.39 is 11.7 Å². The molecule has 0 unspecified atom stereocenters. The Bertz CT molecular complexity index is 490. The summed E-state index contributed by atoms with van der Waals surface area (Å²) in [5, 5.41) is 12.0. The standard InChI is InChI=1S/C13H15F3N2S/c1-12(2,19-3)8-18-11-5-4-10(13(14,15)16)6-9(11)7-17/h4-6,18H,8H2,1-3H3. The molecule has 0 aromatic heterocycles. The topological polar surface area (TPSA) is 35.8 Å². The van der Waals surface area contributed by atoms with Gasteiger partial charge in [-0.05, 0) is 38.3 Å². The van der Waals surface area contributed by atoms with Gasteiger partial charge in [0.05, 0.1) is 16.8 Å². The fourth-order valence-electron chi connectivity index (χ4n) is 1.35. The largest absolute Gasteiger partial charge is 0.416 e. The molecule has 0 saturated heterocycles. The Morgan fingerprint density at radius 1 is 1.32 bits per heavy atom. The summed E-state index contributed by atoms with van der Waals surface area (Å²) in [5.41, 5.74) is -0.372. The van der Waals surface area contributed by atoms with Crippen LogP contribution < -0.4 is 5.32 Å². The molecule has 0 bridgehead atoms. The van der Waals surface area contributed by atoms with Crippen LogP contribution in [-0.2, 0) is 6.18 Å². The van der Waals surface area contributed by atoms with Crippen LogP contribution in [0, 0.1) is 11.3 Å². The van der Waals surface area contributed by atoms with E-state index >= 15 is 0 Å². The molecule has 104 valence electrons. The molecule has 0 heterocycles. The maximum absolute atomic E-state index is 12.5. The van der Waals surface area contributed by atoms with E-state index in [0.717, 1.165) is 12.1 Å². The number of rotatable bonds is 4. The van der Waals surface area contributed by atoms with E-state index in [2.05, 4.69) is 5.32 Å². The molecule has 2 nitrogen and oxygen atoms in total. The van der Waals surface area contributed by atoms with Crippen molar-refractivity contribution in [3.05, 3.63) is 29.3 Å². The first-order valence-corrected chi connectivity index (χ1v) is 6.82. The Labute approximate surface area is 115 Å². The summed E-state index contributed by atoms with van der Waals surface area (Å²) < 4.78 is 37.5. The van der Waals surface area contributed by atoms with Gasteiger partial charge in [0.2, 0.25) is 0 Å². The van der Waals surface area contributed by atoms with Crippen LogP contribution in [0.4, 0.5) is 18.9 Å². The third kappa shape index (κ3) is 4.35. The number of nitrogens with one attached hydrogen (secondary N) is 1. The quantitative estimate of drug-likeness (QED) is 0.905. The zero-order valence-corrected chi connectivity index (χ0v) is 11.7. The van der Waals surface area contributed by atoms with Crippen LogP contribution in [0.25, 0.3) is 0 Å². The minimum Gasteiger partial charge on any atom is -0.383 e. The summed E-state index contributed by atoms with van der Waals surface area (Å²) in [6, 6.07) is 4.95. The molecule has 0 amide bonds. The summed E-state index contributed by atoms with van der Waals surface area (Å²) in [5.74, 6) is 0. The fourth-order valence-corrected chi connectivity index (χ4v) is 1.56. The fraction of sp³-hybridized carbons (Fsp3) is 0.462. The number of anilines is 1. The van der Waals surface area contributed by atoms with Crippen LogP contribution in [0.2, 0.25) is 0 Å². The summed E-state index contributed by atoms with van der Waals surface area (Å²) >= 11 is 1.64. The third-order valence-corrected chi connectivity index (χ3v) is 3.97. The van der Waals surface area contributed by atoms with Crippen molar-refractivity contribution in [1.82, 2.24) is 0 Å². The van der Waals surface area contributed by atoms with Crippen LogP contribution in [0.15, 0.2) is 18.2 Å². The van der Waals surface area contributed by atoms with Crippen molar-refractivity contribution < 1.29 is 13.2 Å². The van der Waals surface area contributed by atoms with E-state index in [-0.39, 0.29) is 10.3 Å². The lowest BCUT2D eigenvalue weighted by molar-refractivity contribution is -0.137. The van der Waals surface area contributed by atoms with Gasteiger partial charge in [0.1, 0.15) is 6.07 Å². The molecule has 1 aromatic carbocycles. The molecule has 0 radical (unpaired) electrons. The molecule has 6 heteroatoms. The SMILES string of the molecule is CSC(C)(C)CNc1ccc(C(F)(F)F)cc1C#N. The second-order valence-corrected chi connectivity index (χ2v) is 6.20. The van der Waals surface area contributed by atoms with E-state index in [0.29, 0.717) is 12.2 Å². The van der Waals surface area contributed by atoms with E-state index in [9.17, 15) is 13.2 Å². The lowest BCUT2D eigenvalue weighted by atomic mass is 10.1. The van der Waals surface area contributed by atoms with Crippen molar-refractivity contribution in [2.75, 3.05) is 18.1 Å². The first-order valence-electron chi connectivity index (χ1n) is 5.60.